The van der Waals surface area contributed by atoms with Gasteiger partial charge in [0.2, 0.25) is 0 Å². The number of aromatic nitrogens is 2. The van der Waals surface area contributed by atoms with E-state index in [4.69, 9.17) is 5.84 Å². The van der Waals surface area contributed by atoms with Crippen molar-refractivity contribution in [1.29, 1.82) is 0 Å². The van der Waals surface area contributed by atoms with Gasteiger partial charge in [-0.05, 0) is 13.3 Å². The molecule has 0 fully saturated rings. The van der Waals surface area contributed by atoms with Crippen LogP contribution >= 0.6 is 0 Å². The van der Waals surface area contributed by atoms with Crippen LogP contribution in [0.4, 0.5) is 11.6 Å². The Kier molecular flexibility index (Phi) is 5.34. The van der Waals surface area contributed by atoms with Crippen molar-refractivity contribution in [2.45, 2.75) is 46.5 Å². The largest absolute Gasteiger partial charge is 0.359 e. The summed E-state index contributed by atoms with van der Waals surface area (Å²) in [5.41, 5.74) is 3.66. The Morgan fingerprint density at radius 3 is 2.50 bits per heavy atom. The van der Waals surface area contributed by atoms with E-state index in [1.54, 1.807) is 0 Å². The van der Waals surface area contributed by atoms with Gasteiger partial charge in [0.05, 0.1) is 0 Å². The van der Waals surface area contributed by atoms with E-state index in [1.807, 2.05) is 6.92 Å². The highest BCUT2D eigenvalue weighted by molar-refractivity contribution is 5.58. The molecule has 102 valence electrons. The van der Waals surface area contributed by atoms with Crippen molar-refractivity contribution in [3.63, 3.8) is 0 Å². The van der Waals surface area contributed by atoms with Crippen LogP contribution in [0, 0.1) is 6.92 Å². The van der Waals surface area contributed by atoms with Crippen LogP contribution in [-0.2, 0) is 0 Å². The topological polar surface area (TPSA) is 67.1 Å². The van der Waals surface area contributed by atoms with Crippen molar-refractivity contribution >= 4 is 11.6 Å². The Labute approximate surface area is 110 Å². The van der Waals surface area contributed by atoms with Crippen LogP contribution in [0.5, 0.6) is 0 Å². The van der Waals surface area contributed by atoms with E-state index in [2.05, 4.69) is 48.1 Å². The van der Waals surface area contributed by atoms with E-state index < -0.39 is 0 Å². The minimum absolute atomic E-state index is 0.288. The molecule has 5 heteroatoms. The fraction of sp³-hybridized carbons (Fsp3) is 0.692. The first-order valence-corrected chi connectivity index (χ1v) is 6.57. The number of rotatable bonds is 6. The number of nitrogens with one attached hydrogen (secondary N) is 1. The second-order valence-corrected chi connectivity index (χ2v) is 4.95. The van der Waals surface area contributed by atoms with Crippen molar-refractivity contribution in [3.05, 3.63) is 11.4 Å². The van der Waals surface area contributed by atoms with Crippen molar-refractivity contribution in [2.24, 2.45) is 5.84 Å². The van der Waals surface area contributed by atoms with Crippen LogP contribution < -0.4 is 16.2 Å². The molecule has 0 atom stereocenters. The second kappa shape index (κ2) is 6.54. The van der Waals surface area contributed by atoms with Gasteiger partial charge in [-0.1, -0.05) is 27.2 Å². The predicted octanol–water partition coefficient (Wildman–Crippen LogP) is 2.43. The van der Waals surface area contributed by atoms with Gasteiger partial charge in [-0.2, -0.15) is 0 Å². The van der Waals surface area contributed by atoms with Crippen LogP contribution in [0.1, 0.15) is 50.9 Å². The third-order valence-electron chi connectivity index (χ3n) is 3.00. The van der Waals surface area contributed by atoms with Crippen LogP contribution in [0.2, 0.25) is 0 Å². The van der Waals surface area contributed by atoms with Crippen LogP contribution in [0.25, 0.3) is 0 Å². The number of hydrogen-bond acceptors (Lipinski definition) is 5. The standard InChI is InChI=1S/C13H25N5/c1-6-7-8-18(5)13-10(4)12(17-14)15-11(16-13)9(2)3/h9H,6-8,14H2,1-5H3,(H,15,16,17). The molecule has 1 rings (SSSR count). The van der Waals surface area contributed by atoms with Crippen molar-refractivity contribution in [2.75, 3.05) is 23.9 Å². The summed E-state index contributed by atoms with van der Waals surface area (Å²) in [6, 6.07) is 0. The molecular formula is C13H25N5. The maximum atomic E-state index is 5.53. The van der Waals surface area contributed by atoms with Crippen molar-refractivity contribution in [3.8, 4) is 0 Å². The highest BCUT2D eigenvalue weighted by atomic mass is 15.3. The van der Waals surface area contributed by atoms with E-state index in [-0.39, 0.29) is 5.92 Å². The number of nitrogens with two attached hydrogens (primary N) is 1. The summed E-state index contributed by atoms with van der Waals surface area (Å²) in [6.07, 6.45) is 2.33. The fourth-order valence-electron chi connectivity index (χ4n) is 1.79. The summed E-state index contributed by atoms with van der Waals surface area (Å²) in [7, 11) is 2.06. The summed E-state index contributed by atoms with van der Waals surface area (Å²) in [6.45, 7) is 9.35. The van der Waals surface area contributed by atoms with Gasteiger partial charge in [-0.15, -0.1) is 0 Å². The van der Waals surface area contributed by atoms with Gasteiger partial charge in [0, 0.05) is 25.1 Å². The molecule has 0 unspecified atom stereocenters. The molecule has 0 spiro atoms. The third-order valence-corrected chi connectivity index (χ3v) is 3.00. The van der Waals surface area contributed by atoms with Crippen LogP contribution in [0.3, 0.4) is 0 Å². The first-order valence-electron chi connectivity index (χ1n) is 6.57. The normalized spacial score (nSPS) is 10.8. The van der Waals surface area contributed by atoms with Gasteiger partial charge in [-0.25, -0.2) is 15.8 Å². The molecule has 0 amide bonds. The zero-order chi connectivity index (χ0) is 13.7. The van der Waals surface area contributed by atoms with Crippen molar-refractivity contribution < 1.29 is 0 Å². The number of nitrogens with zero attached hydrogens (tertiary/aromatic N) is 3. The molecule has 0 aromatic carbocycles. The predicted molar refractivity (Wildman–Crippen MR) is 76.8 cm³/mol. The molecule has 5 nitrogen and oxygen atoms in total. The summed E-state index contributed by atoms with van der Waals surface area (Å²) in [4.78, 5) is 11.3. The summed E-state index contributed by atoms with van der Waals surface area (Å²) < 4.78 is 0. The maximum absolute atomic E-state index is 5.53. The second-order valence-electron chi connectivity index (χ2n) is 4.95. The van der Waals surface area contributed by atoms with Gasteiger partial charge >= 0.3 is 0 Å². The van der Waals surface area contributed by atoms with Gasteiger partial charge in [0.25, 0.3) is 0 Å². The quantitative estimate of drug-likeness (QED) is 0.600. The summed E-state index contributed by atoms with van der Waals surface area (Å²) in [5.74, 6) is 8.33. The molecule has 0 radical (unpaired) electrons. The molecular weight excluding hydrogens is 226 g/mol. The van der Waals surface area contributed by atoms with Crippen molar-refractivity contribution in [1.82, 2.24) is 9.97 Å². The Balaban J connectivity index is 3.11. The molecule has 1 heterocycles. The summed E-state index contributed by atoms with van der Waals surface area (Å²) >= 11 is 0. The lowest BCUT2D eigenvalue weighted by Crippen LogP contribution is -2.23. The first kappa shape index (κ1) is 14.7. The molecule has 0 bridgehead atoms. The van der Waals surface area contributed by atoms with Crippen LogP contribution in [0.15, 0.2) is 0 Å². The fourth-order valence-corrected chi connectivity index (χ4v) is 1.79. The number of unbranched alkanes of at least 4 members (excludes halogenated alkanes) is 1. The van der Waals surface area contributed by atoms with E-state index in [0.29, 0.717) is 5.82 Å². The molecule has 0 aliphatic carbocycles. The monoisotopic (exact) mass is 251 g/mol. The van der Waals surface area contributed by atoms with E-state index in [9.17, 15) is 0 Å². The zero-order valence-electron chi connectivity index (χ0n) is 12.1. The zero-order valence-corrected chi connectivity index (χ0v) is 12.1. The molecule has 0 saturated carbocycles. The number of hydrazine groups is 1. The maximum Gasteiger partial charge on any atom is 0.148 e. The van der Waals surface area contributed by atoms with E-state index in [1.165, 1.54) is 6.42 Å². The third kappa shape index (κ3) is 3.32. The van der Waals surface area contributed by atoms with Crippen LogP contribution in [-0.4, -0.2) is 23.6 Å². The molecule has 0 aliphatic heterocycles. The smallest absolute Gasteiger partial charge is 0.148 e. The van der Waals surface area contributed by atoms with Gasteiger partial charge < -0.3 is 10.3 Å². The average Bonchev–Trinajstić information content (AvgIpc) is 2.35. The molecule has 1 aromatic heterocycles. The van der Waals surface area contributed by atoms with Gasteiger partial charge in [0.1, 0.15) is 17.5 Å². The Hall–Kier alpha value is -1.36. The number of anilines is 2. The molecule has 18 heavy (non-hydrogen) atoms. The highest BCUT2D eigenvalue weighted by Gasteiger charge is 2.15. The first-order chi connectivity index (χ1) is 8.51. The minimum atomic E-state index is 0.288. The lowest BCUT2D eigenvalue weighted by Gasteiger charge is -2.22. The molecule has 1 aromatic rings. The van der Waals surface area contributed by atoms with E-state index >= 15 is 0 Å². The van der Waals surface area contributed by atoms with Gasteiger partial charge in [0.15, 0.2) is 0 Å². The highest BCUT2D eigenvalue weighted by Crippen LogP contribution is 2.24. The average molecular weight is 251 g/mol. The lowest BCUT2D eigenvalue weighted by atomic mass is 10.2. The molecule has 3 N–H and O–H groups in total. The molecule has 0 saturated heterocycles. The van der Waals surface area contributed by atoms with E-state index in [0.717, 1.165) is 30.2 Å². The number of nitrogen functional groups attached to an aromatic ring is 1. The Morgan fingerprint density at radius 1 is 1.33 bits per heavy atom. The summed E-state index contributed by atoms with van der Waals surface area (Å²) in [5, 5.41) is 0. The SMILES string of the molecule is CCCCN(C)c1nc(C(C)C)nc(NN)c1C. The number of hydrogen-bond donors (Lipinski definition) is 2. The van der Waals surface area contributed by atoms with Gasteiger partial charge in [-0.3, -0.25) is 0 Å². The Morgan fingerprint density at radius 2 is 2.00 bits per heavy atom. The Bertz CT molecular complexity index is 389. The minimum Gasteiger partial charge on any atom is -0.359 e. The lowest BCUT2D eigenvalue weighted by molar-refractivity contribution is 0.733. The molecule has 0 aliphatic rings.